The lowest BCUT2D eigenvalue weighted by molar-refractivity contribution is 0.118. The summed E-state index contributed by atoms with van der Waals surface area (Å²) in [7, 11) is 0. The first kappa shape index (κ1) is 20.2. The second-order valence-corrected chi connectivity index (χ2v) is 7.19. The number of hydrogen-bond acceptors (Lipinski definition) is 2. The van der Waals surface area contributed by atoms with E-state index < -0.39 is 0 Å². The molecule has 2 nitrogen and oxygen atoms in total. The average molecular weight is 319 g/mol. The Morgan fingerprint density at radius 2 is 1.70 bits per heavy atom. The standard InChI is InChI=1S/C21H38N2/c1-6-10-12-13-14-16-21(5,15-11-7-2)23-17-19(8-3)20(18-23)22-9-4/h8-9H,4,6-7,10-18H2,1-3,5H3/b19-8-,22-20-. The lowest BCUT2D eigenvalue weighted by Crippen LogP contribution is -2.45. The molecule has 1 fully saturated rings. The largest absolute Gasteiger partial charge is 0.288 e. The monoisotopic (exact) mass is 318 g/mol. The molecule has 1 aliphatic rings. The third kappa shape index (κ3) is 6.25. The van der Waals surface area contributed by atoms with Crippen LogP contribution in [0.1, 0.15) is 85.5 Å². The van der Waals surface area contributed by atoms with Gasteiger partial charge in [-0.2, -0.15) is 0 Å². The highest BCUT2D eigenvalue weighted by atomic mass is 15.2. The molecule has 2 heteroatoms. The number of hydrogen-bond donors (Lipinski definition) is 0. The number of rotatable bonds is 11. The Kier molecular flexibility index (Phi) is 9.47. The van der Waals surface area contributed by atoms with Crippen molar-refractivity contribution >= 4 is 5.71 Å². The maximum absolute atomic E-state index is 4.51. The molecule has 0 aromatic heterocycles. The highest BCUT2D eigenvalue weighted by Crippen LogP contribution is 2.32. The maximum Gasteiger partial charge on any atom is 0.0585 e. The SMILES string of the molecule is C=C/N=C1/CN(C(C)(CCCC)CCCCCCC)C/C1=C/C. The Morgan fingerprint density at radius 3 is 2.30 bits per heavy atom. The Hall–Kier alpha value is -0.890. The van der Waals surface area contributed by atoms with E-state index in [1.165, 1.54) is 69.1 Å². The van der Waals surface area contributed by atoms with Crippen molar-refractivity contribution in [2.45, 2.75) is 91.0 Å². The molecular weight excluding hydrogens is 280 g/mol. The maximum atomic E-state index is 4.51. The molecule has 0 aromatic carbocycles. The first-order valence-corrected chi connectivity index (χ1v) is 9.69. The lowest BCUT2D eigenvalue weighted by Gasteiger charge is -2.39. The minimum Gasteiger partial charge on any atom is -0.288 e. The van der Waals surface area contributed by atoms with Crippen LogP contribution in [0.25, 0.3) is 0 Å². The summed E-state index contributed by atoms with van der Waals surface area (Å²) in [4.78, 5) is 7.18. The summed E-state index contributed by atoms with van der Waals surface area (Å²) in [5.74, 6) is 0. The predicted molar refractivity (Wildman–Crippen MR) is 104 cm³/mol. The third-order valence-corrected chi connectivity index (χ3v) is 5.32. The molecule has 1 heterocycles. The average Bonchev–Trinajstić information content (AvgIpc) is 2.97. The third-order valence-electron chi connectivity index (χ3n) is 5.32. The van der Waals surface area contributed by atoms with Gasteiger partial charge in [0.1, 0.15) is 0 Å². The van der Waals surface area contributed by atoms with E-state index in [4.69, 9.17) is 0 Å². The van der Waals surface area contributed by atoms with Crippen molar-refractivity contribution in [1.82, 2.24) is 4.90 Å². The van der Waals surface area contributed by atoms with Gasteiger partial charge in [0.25, 0.3) is 0 Å². The van der Waals surface area contributed by atoms with Crippen LogP contribution in [0, 0.1) is 0 Å². The van der Waals surface area contributed by atoms with Crippen LogP contribution in [-0.4, -0.2) is 29.2 Å². The van der Waals surface area contributed by atoms with Gasteiger partial charge in [-0.15, -0.1) is 0 Å². The molecule has 132 valence electrons. The van der Waals surface area contributed by atoms with E-state index in [0.717, 1.165) is 13.1 Å². The first-order chi connectivity index (χ1) is 11.1. The van der Waals surface area contributed by atoms with Crippen molar-refractivity contribution in [2.24, 2.45) is 4.99 Å². The molecule has 0 amide bonds. The predicted octanol–water partition coefficient (Wildman–Crippen LogP) is 6.14. The minimum absolute atomic E-state index is 0.314. The fourth-order valence-corrected chi connectivity index (χ4v) is 3.62. The number of likely N-dealkylation sites (tertiary alicyclic amines) is 1. The van der Waals surface area contributed by atoms with E-state index in [1.54, 1.807) is 6.20 Å². The van der Waals surface area contributed by atoms with Crippen LogP contribution in [0.2, 0.25) is 0 Å². The molecule has 1 unspecified atom stereocenters. The zero-order valence-electron chi connectivity index (χ0n) is 16.0. The summed E-state index contributed by atoms with van der Waals surface area (Å²) in [6, 6.07) is 0. The van der Waals surface area contributed by atoms with Gasteiger partial charge in [-0.25, -0.2) is 0 Å². The summed E-state index contributed by atoms with van der Waals surface area (Å²) in [5.41, 5.74) is 2.92. The molecule has 1 saturated heterocycles. The summed E-state index contributed by atoms with van der Waals surface area (Å²) >= 11 is 0. The number of allylic oxidation sites excluding steroid dienone is 1. The number of nitrogens with zero attached hydrogens (tertiary/aromatic N) is 2. The fraction of sp³-hybridized carbons (Fsp3) is 0.762. The second-order valence-electron chi connectivity index (χ2n) is 7.19. The molecule has 0 spiro atoms. The summed E-state index contributed by atoms with van der Waals surface area (Å²) in [6.07, 6.45) is 16.0. The molecule has 0 N–H and O–H groups in total. The highest BCUT2D eigenvalue weighted by Gasteiger charge is 2.36. The van der Waals surface area contributed by atoms with E-state index in [9.17, 15) is 0 Å². The van der Waals surface area contributed by atoms with Crippen LogP contribution in [0.15, 0.2) is 29.4 Å². The van der Waals surface area contributed by atoms with E-state index in [2.05, 4.69) is 50.2 Å². The normalized spacial score (nSPS) is 21.9. The highest BCUT2D eigenvalue weighted by molar-refractivity contribution is 6.04. The van der Waals surface area contributed by atoms with Crippen molar-refractivity contribution in [2.75, 3.05) is 13.1 Å². The zero-order chi connectivity index (χ0) is 17.1. The first-order valence-electron chi connectivity index (χ1n) is 9.69. The molecule has 1 atom stereocenters. The van der Waals surface area contributed by atoms with Gasteiger partial charge in [0.2, 0.25) is 0 Å². The topological polar surface area (TPSA) is 15.6 Å². The van der Waals surface area contributed by atoms with Crippen molar-refractivity contribution < 1.29 is 0 Å². The second kappa shape index (κ2) is 10.8. The summed E-state index contributed by atoms with van der Waals surface area (Å²) in [6.45, 7) is 15.0. The molecule has 0 bridgehead atoms. The molecular formula is C21H38N2. The van der Waals surface area contributed by atoms with E-state index in [1.807, 2.05) is 0 Å². The molecule has 0 aliphatic carbocycles. The van der Waals surface area contributed by atoms with Gasteiger partial charge in [0, 0.05) is 24.8 Å². The van der Waals surface area contributed by atoms with Crippen molar-refractivity contribution in [3.8, 4) is 0 Å². The molecule has 1 rings (SSSR count). The lowest BCUT2D eigenvalue weighted by atomic mass is 9.87. The van der Waals surface area contributed by atoms with Crippen LogP contribution in [0.3, 0.4) is 0 Å². The van der Waals surface area contributed by atoms with Crippen LogP contribution < -0.4 is 0 Å². The Balaban J connectivity index is 2.72. The molecule has 0 radical (unpaired) electrons. The number of aliphatic imine (C=N–C) groups is 1. The van der Waals surface area contributed by atoms with Gasteiger partial charge in [-0.3, -0.25) is 9.89 Å². The van der Waals surface area contributed by atoms with Gasteiger partial charge in [-0.1, -0.05) is 71.4 Å². The van der Waals surface area contributed by atoms with Crippen molar-refractivity contribution in [3.63, 3.8) is 0 Å². The van der Waals surface area contributed by atoms with Crippen LogP contribution in [0.5, 0.6) is 0 Å². The molecule has 23 heavy (non-hydrogen) atoms. The van der Waals surface area contributed by atoms with Crippen molar-refractivity contribution in [3.05, 3.63) is 24.4 Å². The van der Waals surface area contributed by atoms with Gasteiger partial charge in [0.05, 0.1) is 5.71 Å². The Bertz CT molecular complexity index is 408. The minimum atomic E-state index is 0.314. The van der Waals surface area contributed by atoms with Gasteiger partial charge in [0.15, 0.2) is 0 Å². The van der Waals surface area contributed by atoms with Crippen molar-refractivity contribution in [1.29, 1.82) is 0 Å². The quantitative estimate of drug-likeness (QED) is 0.418. The Morgan fingerprint density at radius 1 is 1.04 bits per heavy atom. The summed E-state index contributed by atoms with van der Waals surface area (Å²) in [5, 5.41) is 0. The van der Waals surface area contributed by atoms with Gasteiger partial charge in [-0.05, 0) is 32.3 Å². The molecule has 0 saturated carbocycles. The van der Waals surface area contributed by atoms with Gasteiger partial charge >= 0.3 is 0 Å². The van der Waals surface area contributed by atoms with Crippen LogP contribution >= 0.6 is 0 Å². The molecule has 0 aromatic rings. The molecule has 1 aliphatic heterocycles. The van der Waals surface area contributed by atoms with E-state index in [0.29, 0.717) is 5.54 Å². The fourth-order valence-electron chi connectivity index (χ4n) is 3.62. The van der Waals surface area contributed by atoms with Crippen LogP contribution in [-0.2, 0) is 0 Å². The number of unbranched alkanes of at least 4 members (excludes halogenated alkanes) is 5. The van der Waals surface area contributed by atoms with Gasteiger partial charge < -0.3 is 0 Å². The summed E-state index contributed by atoms with van der Waals surface area (Å²) < 4.78 is 0. The zero-order valence-corrected chi connectivity index (χ0v) is 16.0. The smallest absolute Gasteiger partial charge is 0.0585 e. The van der Waals surface area contributed by atoms with E-state index in [-0.39, 0.29) is 0 Å². The van der Waals surface area contributed by atoms with E-state index >= 15 is 0 Å². The van der Waals surface area contributed by atoms with Crippen LogP contribution in [0.4, 0.5) is 0 Å². The Labute approximate surface area is 144 Å².